The van der Waals surface area contributed by atoms with E-state index < -0.39 is 5.54 Å². The summed E-state index contributed by atoms with van der Waals surface area (Å²) in [7, 11) is 0. The Morgan fingerprint density at radius 1 is 1.11 bits per heavy atom. The lowest BCUT2D eigenvalue weighted by Crippen LogP contribution is -2.45. The third kappa shape index (κ3) is 3.38. The van der Waals surface area contributed by atoms with Gasteiger partial charge in [-0.25, -0.2) is 4.98 Å². The van der Waals surface area contributed by atoms with E-state index in [1.54, 1.807) is 6.92 Å². The smallest absolute Gasteiger partial charge is 0.248 e. The molecule has 1 amide bonds. The number of imidazole rings is 1. The van der Waals surface area contributed by atoms with Crippen LogP contribution in [0.5, 0.6) is 0 Å². The van der Waals surface area contributed by atoms with Gasteiger partial charge in [0.1, 0.15) is 11.4 Å². The molecule has 0 bridgehead atoms. The molecule has 1 atom stereocenters. The van der Waals surface area contributed by atoms with Gasteiger partial charge in [0.2, 0.25) is 5.91 Å². The van der Waals surface area contributed by atoms with E-state index in [-0.39, 0.29) is 5.91 Å². The number of aromatic nitrogens is 2. The Kier molecular flexibility index (Phi) is 4.54. The highest BCUT2D eigenvalue weighted by Gasteiger charge is 2.30. The van der Waals surface area contributed by atoms with Crippen LogP contribution in [0.15, 0.2) is 60.8 Å². The van der Waals surface area contributed by atoms with E-state index >= 15 is 0 Å². The first-order chi connectivity index (χ1) is 13.1. The lowest BCUT2D eigenvalue weighted by molar-refractivity contribution is -0.120. The number of nitrogens with two attached hydrogens (primary N) is 1. The van der Waals surface area contributed by atoms with Crippen LogP contribution in [-0.2, 0) is 23.3 Å². The average molecular weight is 360 g/mol. The molecule has 27 heavy (non-hydrogen) atoms. The lowest BCUT2D eigenvalue weighted by atomic mass is 9.92. The van der Waals surface area contributed by atoms with E-state index in [9.17, 15) is 4.79 Å². The number of fused-ring (bicyclic) bond motifs is 1. The van der Waals surface area contributed by atoms with Crippen LogP contribution >= 0.6 is 0 Å². The Balaban J connectivity index is 1.51. The van der Waals surface area contributed by atoms with Crippen LogP contribution in [0.1, 0.15) is 31.0 Å². The maximum atomic E-state index is 12.7. The zero-order chi connectivity index (χ0) is 18.9. The van der Waals surface area contributed by atoms with Crippen molar-refractivity contribution in [2.24, 2.45) is 5.73 Å². The highest BCUT2D eigenvalue weighted by molar-refractivity contribution is 5.98. The normalized spacial score (nSPS) is 15.6. The fourth-order valence-electron chi connectivity index (χ4n) is 3.55. The molecular formula is C22H24N4O. The van der Waals surface area contributed by atoms with E-state index in [4.69, 9.17) is 5.73 Å². The van der Waals surface area contributed by atoms with Crippen molar-refractivity contribution < 1.29 is 4.79 Å². The molecule has 2 aromatic carbocycles. The Labute approximate surface area is 159 Å². The first-order valence-electron chi connectivity index (χ1n) is 9.36. The molecule has 3 aromatic rings. The van der Waals surface area contributed by atoms with E-state index in [0.717, 1.165) is 35.6 Å². The van der Waals surface area contributed by atoms with E-state index in [2.05, 4.69) is 14.9 Å². The number of nitrogens with zero attached hydrogens (tertiary/aromatic N) is 2. The van der Waals surface area contributed by atoms with Gasteiger partial charge in [0.25, 0.3) is 0 Å². The molecule has 1 aliphatic heterocycles. The number of anilines is 1. The van der Waals surface area contributed by atoms with Crippen molar-refractivity contribution in [1.29, 1.82) is 0 Å². The predicted octanol–water partition coefficient (Wildman–Crippen LogP) is 3.70. The summed E-state index contributed by atoms with van der Waals surface area (Å²) in [6.07, 6.45) is 5.49. The third-order valence-electron chi connectivity index (χ3n) is 5.25. The highest BCUT2D eigenvalue weighted by atomic mass is 16.2. The maximum absolute atomic E-state index is 12.7. The molecule has 1 unspecified atom stereocenters. The zero-order valence-corrected chi connectivity index (χ0v) is 15.5. The van der Waals surface area contributed by atoms with Crippen molar-refractivity contribution in [3.05, 3.63) is 72.1 Å². The second-order valence-electron chi connectivity index (χ2n) is 7.28. The van der Waals surface area contributed by atoms with Crippen LogP contribution in [0.3, 0.4) is 0 Å². The molecule has 0 radical (unpaired) electrons. The van der Waals surface area contributed by atoms with Crippen molar-refractivity contribution in [3.63, 3.8) is 0 Å². The molecule has 0 spiro atoms. The van der Waals surface area contributed by atoms with E-state index in [0.29, 0.717) is 0 Å². The van der Waals surface area contributed by atoms with Gasteiger partial charge in [-0.3, -0.25) is 4.79 Å². The summed E-state index contributed by atoms with van der Waals surface area (Å²) < 4.78 is 2.30. The minimum Gasteiger partial charge on any atom is -0.328 e. The summed E-state index contributed by atoms with van der Waals surface area (Å²) in [4.78, 5) is 17.3. The molecule has 0 saturated heterocycles. The van der Waals surface area contributed by atoms with Crippen molar-refractivity contribution in [2.75, 3.05) is 5.32 Å². The minimum atomic E-state index is -1.10. The molecule has 1 aromatic heterocycles. The number of nitrogens with one attached hydrogen (secondary N) is 1. The van der Waals surface area contributed by atoms with Crippen LogP contribution in [0, 0.1) is 0 Å². The molecule has 0 saturated carbocycles. The van der Waals surface area contributed by atoms with E-state index in [1.165, 1.54) is 18.5 Å². The molecule has 2 heterocycles. The fourth-order valence-corrected chi connectivity index (χ4v) is 3.55. The average Bonchev–Trinajstić information content (AvgIpc) is 3.13. The Hall–Kier alpha value is -2.92. The van der Waals surface area contributed by atoms with Crippen molar-refractivity contribution in [1.82, 2.24) is 9.55 Å². The number of hydrogen-bond acceptors (Lipinski definition) is 3. The summed E-state index contributed by atoms with van der Waals surface area (Å²) in [5, 5.41) is 2.92. The predicted molar refractivity (Wildman–Crippen MR) is 107 cm³/mol. The van der Waals surface area contributed by atoms with Crippen molar-refractivity contribution in [3.8, 4) is 11.4 Å². The minimum absolute atomic E-state index is 0.236. The van der Waals surface area contributed by atoms with Crippen molar-refractivity contribution in [2.45, 2.75) is 38.3 Å². The summed E-state index contributed by atoms with van der Waals surface area (Å²) >= 11 is 0. The Morgan fingerprint density at radius 3 is 2.59 bits per heavy atom. The summed E-state index contributed by atoms with van der Waals surface area (Å²) in [5.74, 6) is 0.759. The number of carbonyl (C=O) groups is 1. The van der Waals surface area contributed by atoms with Gasteiger partial charge >= 0.3 is 0 Å². The maximum Gasteiger partial charge on any atom is 0.248 e. The number of benzene rings is 2. The first kappa shape index (κ1) is 17.5. The van der Waals surface area contributed by atoms with Crippen LogP contribution in [-0.4, -0.2) is 15.5 Å². The van der Waals surface area contributed by atoms with Crippen LogP contribution in [0.4, 0.5) is 5.69 Å². The number of hydrogen-bond donors (Lipinski definition) is 2. The largest absolute Gasteiger partial charge is 0.328 e. The number of amides is 1. The lowest BCUT2D eigenvalue weighted by Gasteiger charge is -2.24. The second kappa shape index (κ2) is 7.00. The van der Waals surface area contributed by atoms with Gasteiger partial charge in [-0.15, -0.1) is 0 Å². The fraction of sp³-hybridized carbons (Fsp3) is 0.273. The molecule has 5 nitrogen and oxygen atoms in total. The second-order valence-corrected chi connectivity index (χ2v) is 7.28. The van der Waals surface area contributed by atoms with Crippen LogP contribution in [0.25, 0.3) is 11.4 Å². The molecule has 0 fully saturated rings. The zero-order valence-electron chi connectivity index (χ0n) is 15.5. The molecule has 4 rings (SSSR count). The van der Waals surface area contributed by atoms with Crippen molar-refractivity contribution >= 4 is 11.6 Å². The first-order valence-corrected chi connectivity index (χ1v) is 9.36. The molecule has 138 valence electrons. The molecule has 3 N–H and O–H groups in total. The number of carbonyl (C=O) groups excluding carboxylic acids is 1. The number of aryl methyl sites for hydroxylation is 1. The van der Waals surface area contributed by atoms with Gasteiger partial charge in [-0.2, -0.15) is 0 Å². The van der Waals surface area contributed by atoms with Gasteiger partial charge < -0.3 is 15.6 Å². The molecule has 0 aliphatic carbocycles. The van der Waals surface area contributed by atoms with Gasteiger partial charge in [0.05, 0.1) is 0 Å². The monoisotopic (exact) mass is 360 g/mol. The van der Waals surface area contributed by atoms with E-state index in [1.807, 2.05) is 60.8 Å². The van der Waals surface area contributed by atoms with Crippen LogP contribution < -0.4 is 11.1 Å². The Morgan fingerprint density at radius 2 is 1.85 bits per heavy atom. The molecule has 5 heteroatoms. The quantitative estimate of drug-likeness (QED) is 0.745. The Bertz CT molecular complexity index is 942. The SMILES string of the molecule is CC(N)(C(=O)Nc1ccc(-c2ncc3n2CCCC3)cc1)c1ccccc1. The summed E-state index contributed by atoms with van der Waals surface area (Å²) in [6.45, 7) is 2.74. The third-order valence-corrected chi connectivity index (χ3v) is 5.25. The number of rotatable bonds is 4. The van der Waals surface area contributed by atoms with Gasteiger partial charge in [-0.1, -0.05) is 30.3 Å². The van der Waals surface area contributed by atoms with Gasteiger partial charge in [0.15, 0.2) is 0 Å². The highest BCUT2D eigenvalue weighted by Crippen LogP contribution is 2.26. The van der Waals surface area contributed by atoms with Crippen LogP contribution in [0.2, 0.25) is 0 Å². The molecule has 1 aliphatic rings. The topological polar surface area (TPSA) is 72.9 Å². The standard InChI is InChI=1S/C22H24N4O/c1-22(23,17-7-3-2-4-8-17)21(27)25-18-12-10-16(11-13-18)20-24-15-19-9-5-6-14-26(19)20/h2-4,7-8,10-13,15H,5-6,9,14,23H2,1H3,(H,25,27). The molecular weight excluding hydrogens is 336 g/mol. The van der Waals surface area contributed by atoms with Gasteiger partial charge in [-0.05, 0) is 56.0 Å². The summed E-state index contributed by atoms with van der Waals surface area (Å²) in [5.41, 5.74) is 9.05. The summed E-state index contributed by atoms with van der Waals surface area (Å²) in [6, 6.07) is 17.2. The van der Waals surface area contributed by atoms with Gasteiger partial charge in [0, 0.05) is 29.7 Å².